The number of rotatable bonds is 3. The second-order valence-electron chi connectivity index (χ2n) is 4.64. The molecule has 0 aliphatic carbocycles. The molecule has 2 aromatic rings. The largest absolute Gasteiger partial charge is 0.438 e. The Bertz CT molecular complexity index is 649. The molecule has 0 fully saturated rings. The minimum atomic E-state index is -0.399. The number of aromatic nitrogens is 2. The van der Waals surface area contributed by atoms with Crippen molar-refractivity contribution in [2.45, 2.75) is 26.7 Å². The van der Waals surface area contributed by atoms with Crippen molar-refractivity contribution in [3.63, 3.8) is 0 Å². The topological polar surface area (TPSA) is 35.0 Å². The Balaban J connectivity index is 2.39. The van der Waals surface area contributed by atoms with Crippen molar-refractivity contribution in [3.8, 4) is 11.6 Å². The smallest absolute Gasteiger partial charge is 0.226 e. The number of nitrogens with zero attached hydrogens (tertiary/aromatic N) is 2. The van der Waals surface area contributed by atoms with Crippen LogP contribution in [0.2, 0.25) is 5.15 Å². The first-order valence-corrected chi connectivity index (χ1v) is 7.22. The molecule has 0 bridgehead atoms. The lowest BCUT2D eigenvalue weighted by Gasteiger charge is -2.12. The van der Waals surface area contributed by atoms with E-state index in [1.54, 1.807) is 19.1 Å². The molecule has 0 N–H and O–H groups in total. The molecule has 1 heterocycles. The fraction of sp³-hybridized carbons (Fsp3) is 0.286. The molecule has 1 aromatic carbocycles. The van der Waals surface area contributed by atoms with Gasteiger partial charge in [-0.15, -0.1) is 0 Å². The van der Waals surface area contributed by atoms with E-state index in [0.29, 0.717) is 32.6 Å². The summed E-state index contributed by atoms with van der Waals surface area (Å²) < 4.78 is 19.5. The molecule has 0 amide bonds. The van der Waals surface area contributed by atoms with Crippen LogP contribution in [-0.2, 0) is 0 Å². The minimum Gasteiger partial charge on any atom is -0.438 e. The zero-order valence-electron chi connectivity index (χ0n) is 11.2. The number of ether oxygens (including phenoxy) is 1. The van der Waals surface area contributed by atoms with E-state index in [9.17, 15) is 4.39 Å². The molecule has 0 aliphatic rings. The van der Waals surface area contributed by atoms with E-state index >= 15 is 0 Å². The lowest BCUT2D eigenvalue weighted by molar-refractivity contribution is 0.448. The molecule has 0 saturated carbocycles. The van der Waals surface area contributed by atoms with Crippen molar-refractivity contribution < 1.29 is 9.13 Å². The molecule has 1 aromatic heterocycles. The Kier molecular flexibility index (Phi) is 4.60. The van der Waals surface area contributed by atoms with Gasteiger partial charge >= 0.3 is 0 Å². The summed E-state index contributed by atoms with van der Waals surface area (Å²) in [5.41, 5.74) is 0.624. The Morgan fingerprint density at radius 1 is 1.30 bits per heavy atom. The van der Waals surface area contributed by atoms with Crippen molar-refractivity contribution in [3.05, 3.63) is 45.0 Å². The average molecular weight is 360 g/mol. The lowest BCUT2D eigenvalue weighted by Crippen LogP contribution is -2.02. The monoisotopic (exact) mass is 358 g/mol. The van der Waals surface area contributed by atoms with E-state index in [1.807, 2.05) is 13.8 Å². The molecule has 2 rings (SSSR count). The Morgan fingerprint density at radius 2 is 2.00 bits per heavy atom. The first-order valence-electron chi connectivity index (χ1n) is 6.05. The van der Waals surface area contributed by atoms with Crippen LogP contribution in [0.5, 0.6) is 11.6 Å². The van der Waals surface area contributed by atoms with Gasteiger partial charge in [0.15, 0.2) is 0 Å². The quantitative estimate of drug-likeness (QED) is 0.702. The third-order valence-corrected chi connectivity index (χ3v) is 3.69. The summed E-state index contributed by atoms with van der Waals surface area (Å²) in [6, 6.07) is 4.51. The van der Waals surface area contributed by atoms with Gasteiger partial charge in [-0.2, -0.15) is 4.98 Å². The number of benzene rings is 1. The van der Waals surface area contributed by atoms with Gasteiger partial charge in [-0.3, -0.25) is 0 Å². The predicted molar refractivity (Wildman–Crippen MR) is 80.0 cm³/mol. The molecule has 20 heavy (non-hydrogen) atoms. The molecule has 0 spiro atoms. The predicted octanol–water partition coefficient (Wildman–Crippen LogP) is 5.26. The molecule has 0 unspecified atom stereocenters. The second-order valence-corrected chi connectivity index (χ2v) is 5.85. The maximum atomic E-state index is 13.5. The van der Waals surface area contributed by atoms with Crippen molar-refractivity contribution in [1.29, 1.82) is 0 Å². The summed E-state index contributed by atoms with van der Waals surface area (Å²) >= 11 is 9.17. The molecule has 106 valence electrons. The van der Waals surface area contributed by atoms with Gasteiger partial charge in [0.25, 0.3) is 0 Å². The molecule has 6 heteroatoms. The van der Waals surface area contributed by atoms with Crippen LogP contribution < -0.4 is 4.74 Å². The van der Waals surface area contributed by atoms with Gasteiger partial charge in [0.2, 0.25) is 5.88 Å². The Morgan fingerprint density at radius 3 is 2.60 bits per heavy atom. The highest BCUT2D eigenvalue weighted by molar-refractivity contribution is 9.10. The highest BCUT2D eigenvalue weighted by Gasteiger charge is 2.14. The van der Waals surface area contributed by atoms with Crippen LogP contribution in [0.15, 0.2) is 22.7 Å². The fourth-order valence-corrected chi connectivity index (χ4v) is 1.91. The molecule has 0 atom stereocenters. The van der Waals surface area contributed by atoms with Crippen molar-refractivity contribution in [2.75, 3.05) is 0 Å². The second kappa shape index (κ2) is 6.06. The van der Waals surface area contributed by atoms with E-state index in [2.05, 4.69) is 25.9 Å². The summed E-state index contributed by atoms with van der Waals surface area (Å²) in [5, 5.41) is 0.344. The van der Waals surface area contributed by atoms with Crippen molar-refractivity contribution in [1.82, 2.24) is 9.97 Å². The van der Waals surface area contributed by atoms with Crippen LogP contribution in [0.3, 0.4) is 0 Å². The molecule has 0 radical (unpaired) electrons. The summed E-state index contributed by atoms with van der Waals surface area (Å²) in [7, 11) is 0. The van der Waals surface area contributed by atoms with Crippen molar-refractivity contribution >= 4 is 27.5 Å². The first kappa shape index (κ1) is 15.2. The van der Waals surface area contributed by atoms with Crippen LogP contribution in [0, 0.1) is 12.7 Å². The molecule has 0 aliphatic heterocycles. The van der Waals surface area contributed by atoms with Crippen molar-refractivity contribution in [2.24, 2.45) is 0 Å². The minimum absolute atomic E-state index is 0.122. The molecule has 0 saturated heterocycles. The van der Waals surface area contributed by atoms with E-state index < -0.39 is 5.82 Å². The fourth-order valence-electron chi connectivity index (χ4n) is 1.50. The first-order chi connectivity index (χ1) is 9.38. The summed E-state index contributed by atoms with van der Waals surface area (Å²) in [6.07, 6.45) is 0. The normalized spacial score (nSPS) is 10.9. The van der Waals surface area contributed by atoms with Gasteiger partial charge < -0.3 is 4.74 Å². The number of halogens is 3. The summed E-state index contributed by atoms with van der Waals surface area (Å²) in [6.45, 7) is 5.69. The Labute approximate surface area is 130 Å². The van der Waals surface area contributed by atoms with Crippen LogP contribution in [0.1, 0.15) is 31.2 Å². The van der Waals surface area contributed by atoms with Crippen LogP contribution >= 0.6 is 27.5 Å². The highest BCUT2D eigenvalue weighted by atomic mass is 79.9. The standard InChI is InChI=1S/C14H13BrClFN2O/c1-7(2)13-18-12(16)8(3)14(19-13)20-9-4-5-10(15)11(17)6-9/h4-7H,1-3H3. The van der Waals surface area contributed by atoms with E-state index in [0.717, 1.165) is 0 Å². The van der Waals surface area contributed by atoms with Gasteiger partial charge in [0.1, 0.15) is 22.5 Å². The zero-order valence-corrected chi connectivity index (χ0v) is 13.6. The number of hydrogen-bond acceptors (Lipinski definition) is 3. The third kappa shape index (κ3) is 3.27. The summed E-state index contributed by atoms with van der Waals surface area (Å²) in [5.74, 6) is 1.02. The van der Waals surface area contributed by atoms with Gasteiger partial charge in [-0.1, -0.05) is 25.4 Å². The number of hydrogen-bond donors (Lipinski definition) is 0. The van der Waals surface area contributed by atoms with Gasteiger partial charge in [0.05, 0.1) is 4.47 Å². The van der Waals surface area contributed by atoms with Gasteiger partial charge in [0, 0.05) is 17.5 Å². The SMILES string of the molecule is Cc1c(Cl)nc(C(C)C)nc1Oc1ccc(Br)c(F)c1. The average Bonchev–Trinajstić information content (AvgIpc) is 2.38. The lowest BCUT2D eigenvalue weighted by atomic mass is 10.2. The van der Waals surface area contributed by atoms with Crippen LogP contribution in [0.4, 0.5) is 4.39 Å². The van der Waals surface area contributed by atoms with Crippen LogP contribution in [0.25, 0.3) is 0 Å². The Hall–Kier alpha value is -1.20. The maximum absolute atomic E-state index is 13.5. The maximum Gasteiger partial charge on any atom is 0.226 e. The third-order valence-electron chi connectivity index (χ3n) is 2.68. The highest BCUT2D eigenvalue weighted by Crippen LogP contribution is 2.30. The van der Waals surface area contributed by atoms with Crippen LogP contribution in [-0.4, -0.2) is 9.97 Å². The molecule has 3 nitrogen and oxygen atoms in total. The van der Waals surface area contributed by atoms with Gasteiger partial charge in [-0.25, -0.2) is 9.37 Å². The molecular weight excluding hydrogens is 347 g/mol. The van der Waals surface area contributed by atoms with E-state index in [1.165, 1.54) is 6.07 Å². The summed E-state index contributed by atoms with van der Waals surface area (Å²) in [4.78, 5) is 8.53. The van der Waals surface area contributed by atoms with E-state index in [4.69, 9.17) is 16.3 Å². The van der Waals surface area contributed by atoms with E-state index in [-0.39, 0.29) is 5.92 Å². The van der Waals surface area contributed by atoms with Gasteiger partial charge in [-0.05, 0) is 35.0 Å². The zero-order chi connectivity index (χ0) is 14.9. The molecular formula is C14H13BrClFN2O.